The standard InChI is InChI=1S/C13H10BrNOS/c14-9-5-7-10(8-6-9)15-13(16)11-3-1-2-4-12(11)17/h1-8,17H,(H,15,16). The lowest BCUT2D eigenvalue weighted by Gasteiger charge is -2.06. The molecule has 0 fully saturated rings. The van der Waals surface area contributed by atoms with E-state index < -0.39 is 0 Å². The van der Waals surface area contributed by atoms with E-state index in [9.17, 15) is 4.79 Å². The summed E-state index contributed by atoms with van der Waals surface area (Å²) in [5.41, 5.74) is 1.33. The lowest BCUT2D eigenvalue weighted by atomic mass is 10.2. The zero-order chi connectivity index (χ0) is 12.3. The quantitative estimate of drug-likeness (QED) is 0.807. The molecule has 0 atom stereocenters. The first kappa shape index (κ1) is 12.2. The van der Waals surface area contributed by atoms with E-state index in [2.05, 4.69) is 33.9 Å². The summed E-state index contributed by atoms with van der Waals surface area (Å²) in [5.74, 6) is -0.155. The summed E-state index contributed by atoms with van der Waals surface area (Å²) in [5, 5.41) is 2.82. The van der Waals surface area contributed by atoms with Gasteiger partial charge in [0.1, 0.15) is 0 Å². The van der Waals surface area contributed by atoms with Crippen molar-refractivity contribution in [3.05, 3.63) is 58.6 Å². The van der Waals surface area contributed by atoms with E-state index >= 15 is 0 Å². The average Bonchev–Trinajstić information content (AvgIpc) is 2.32. The van der Waals surface area contributed by atoms with Crippen LogP contribution in [0.1, 0.15) is 10.4 Å². The molecule has 2 aromatic rings. The van der Waals surface area contributed by atoms with Crippen LogP contribution in [0.25, 0.3) is 0 Å². The van der Waals surface area contributed by atoms with Gasteiger partial charge in [-0.1, -0.05) is 28.1 Å². The molecule has 0 spiro atoms. The summed E-state index contributed by atoms with van der Waals surface area (Å²) in [6.07, 6.45) is 0. The van der Waals surface area contributed by atoms with Crippen LogP contribution in [0.15, 0.2) is 57.9 Å². The summed E-state index contributed by atoms with van der Waals surface area (Å²) in [7, 11) is 0. The zero-order valence-corrected chi connectivity index (χ0v) is 11.3. The maximum Gasteiger partial charge on any atom is 0.256 e. The van der Waals surface area contributed by atoms with Gasteiger partial charge in [-0.25, -0.2) is 0 Å². The fourth-order valence-corrected chi connectivity index (χ4v) is 1.92. The highest BCUT2D eigenvalue weighted by Gasteiger charge is 2.08. The van der Waals surface area contributed by atoms with Crippen LogP contribution in [0.3, 0.4) is 0 Å². The summed E-state index contributed by atoms with van der Waals surface area (Å²) < 4.78 is 0.977. The molecule has 2 rings (SSSR count). The molecule has 2 aromatic carbocycles. The van der Waals surface area contributed by atoms with Crippen LogP contribution in [0.2, 0.25) is 0 Å². The molecular formula is C13H10BrNOS. The third-order valence-electron chi connectivity index (χ3n) is 2.25. The summed E-state index contributed by atoms with van der Waals surface area (Å²) in [4.78, 5) is 12.6. The van der Waals surface area contributed by atoms with Crippen LogP contribution in [0.4, 0.5) is 5.69 Å². The van der Waals surface area contributed by atoms with Gasteiger partial charge < -0.3 is 5.32 Å². The molecular weight excluding hydrogens is 298 g/mol. The Labute approximate surface area is 114 Å². The maximum absolute atomic E-state index is 11.9. The van der Waals surface area contributed by atoms with Crippen molar-refractivity contribution in [2.45, 2.75) is 4.90 Å². The van der Waals surface area contributed by atoms with Gasteiger partial charge in [0.05, 0.1) is 5.56 Å². The van der Waals surface area contributed by atoms with E-state index in [1.54, 1.807) is 12.1 Å². The molecule has 2 nitrogen and oxygen atoms in total. The highest BCUT2D eigenvalue weighted by molar-refractivity contribution is 9.10. The van der Waals surface area contributed by atoms with Crippen molar-refractivity contribution < 1.29 is 4.79 Å². The van der Waals surface area contributed by atoms with Gasteiger partial charge in [-0.05, 0) is 36.4 Å². The average molecular weight is 308 g/mol. The number of nitrogens with one attached hydrogen (secondary N) is 1. The zero-order valence-electron chi connectivity index (χ0n) is 8.85. The van der Waals surface area contributed by atoms with Gasteiger partial charge in [0, 0.05) is 15.1 Å². The number of anilines is 1. The normalized spacial score (nSPS) is 10.0. The third-order valence-corrected chi connectivity index (χ3v) is 3.17. The number of thiol groups is 1. The van der Waals surface area contributed by atoms with Crippen LogP contribution in [0.5, 0.6) is 0 Å². The molecule has 0 heterocycles. The Morgan fingerprint density at radius 1 is 1.06 bits per heavy atom. The number of benzene rings is 2. The predicted molar refractivity (Wildman–Crippen MR) is 75.8 cm³/mol. The van der Waals surface area contributed by atoms with E-state index in [-0.39, 0.29) is 5.91 Å². The van der Waals surface area contributed by atoms with Crippen LogP contribution in [-0.4, -0.2) is 5.91 Å². The minimum Gasteiger partial charge on any atom is -0.322 e. The Balaban J connectivity index is 2.17. The molecule has 0 saturated heterocycles. The lowest BCUT2D eigenvalue weighted by molar-refractivity contribution is 0.102. The first-order valence-electron chi connectivity index (χ1n) is 5.02. The Kier molecular flexibility index (Phi) is 3.86. The number of carbonyl (C=O) groups excluding carboxylic acids is 1. The van der Waals surface area contributed by atoms with Crippen LogP contribution in [-0.2, 0) is 0 Å². The van der Waals surface area contributed by atoms with Gasteiger partial charge in [0.2, 0.25) is 0 Å². The van der Waals surface area contributed by atoms with E-state index in [1.165, 1.54) is 0 Å². The molecule has 0 radical (unpaired) electrons. The molecule has 1 amide bonds. The molecule has 0 saturated carbocycles. The topological polar surface area (TPSA) is 29.1 Å². The molecule has 17 heavy (non-hydrogen) atoms. The van der Waals surface area contributed by atoms with Crippen LogP contribution in [0, 0.1) is 0 Å². The number of halogens is 1. The van der Waals surface area contributed by atoms with Gasteiger partial charge >= 0.3 is 0 Å². The van der Waals surface area contributed by atoms with Gasteiger partial charge in [-0.3, -0.25) is 4.79 Å². The van der Waals surface area contributed by atoms with Gasteiger partial charge in [-0.15, -0.1) is 12.6 Å². The smallest absolute Gasteiger partial charge is 0.256 e. The Bertz CT molecular complexity index is 539. The van der Waals surface area contributed by atoms with Gasteiger partial charge in [0.15, 0.2) is 0 Å². The van der Waals surface area contributed by atoms with Gasteiger partial charge in [-0.2, -0.15) is 0 Å². The monoisotopic (exact) mass is 307 g/mol. The second-order valence-electron chi connectivity index (χ2n) is 3.48. The molecule has 86 valence electrons. The summed E-state index contributed by atoms with van der Waals surface area (Å²) >= 11 is 7.59. The molecule has 0 bridgehead atoms. The first-order valence-corrected chi connectivity index (χ1v) is 6.26. The van der Waals surface area contributed by atoms with Crippen molar-refractivity contribution in [3.63, 3.8) is 0 Å². The second kappa shape index (κ2) is 5.38. The van der Waals surface area contributed by atoms with E-state index in [1.807, 2.05) is 36.4 Å². The van der Waals surface area contributed by atoms with E-state index in [0.29, 0.717) is 10.5 Å². The fourth-order valence-electron chi connectivity index (χ4n) is 1.40. The highest BCUT2D eigenvalue weighted by Crippen LogP contribution is 2.17. The van der Waals surface area contributed by atoms with E-state index in [4.69, 9.17) is 0 Å². The van der Waals surface area contributed by atoms with Crippen molar-refractivity contribution in [3.8, 4) is 0 Å². The van der Waals surface area contributed by atoms with E-state index in [0.717, 1.165) is 10.2 Å². The largest absolute Gasteiger partial charge is 0.322 e. The Morgan fingerprint density at radius 2 is 1.71 bits per heavy atom. The molecule has 0 aliphatic carbocycles. The number of hydrogen-bond donors (Lipinski definition) is 2. The van der Waals surface area contributed by atoms with Crippen LogP contribution >= 0.6 is 28.6 Å². The van der Waals surface area contributed by atoms with Crippen molar-refractivity contribution in [1.82, 2.24) is 0 Å². The predicted octanol–water partition coefficient (Wildman–Crippen LogP) is 3.99. The maximum atomic E-state index is 11.9. The molecule has 0 aliphatic rings. The number of rotatable bonds is 2. The van der Waals surface area contributed by atoms with Crippen molar-refractivity contribution in [2.24, 2.45) is 0 Å². The molecule has 0 aliphatic heterocycles. The summed E-state index contributed by atoms with van der Waals surface area (Å²) in [6.45, 7) is 0. The number of carbonyl (C=O) groups is 1. The minimum atomic E-state index is -0.155. The molecule has 0 unspecified atom stereocenters. The van der Waals surface area contributed by atoms with Crippen molar-refractivity contribution >= 4 is 40.2 Å². The summed E-state index contributed by atoms with van der Waals surface area (Å²) in [6, 6.07) is 14.6. The minimum absolute atomic E-state index is 0.155. The number of amides is 1. The molecule has 1 N–H and O–H groups in total. The molecule has 0 aromatic heterocycles. The van der Waals surface area contributed by atoms with Gasteiger partial charge in [0.25, 0.3) is 5.91 Å². The van der Waals surface area contributed by atoms with Crippen molar-refractivity contribution in [2.75, 3.05) is 5.32 Å². The second-order valence-corrected chi connectivity index (χ2v) is 4.88. The van der Waals surface area contributed by atoms with Crippen molar-refractivity contribution in [1.29, 1.82) is 0 Å². The van der Waals surface area contributed by atoms with Crippen LogP contribution < -0.4 is 5.32 Å². The highest BCUT2D eigenvalue weighted by atomic mass is 79.9. The SMILES string of the molecule is O=C(Nc1ccc(Br)cc1)c1ccccc1S. The Morgan fingerprint density at radius 3 is 2.35 bits per heavy atom. The Hall–Kier alpha value is -1.26. The fraction of sp³-hybridized carbons (Fsp3) is 0. The first-order chi connectivity index (χ1) is 8.16. The lowest BCUT2D eigenvalue weighted by Crippen LogP contribution is -2.12. The number of hydrogen-bond acceptors (Lipinski definition) is 2. The molecule has 4 heteroatoms. The third kappa shape index (κ3) is 3.11.